The van der Waals surface area contributed by atoms with E-state index in [-0.39, 0.29) is 11.7 Å². The Hall–Kier alpha value is -2.32. The molecule has 158 valence electrons. The van der Waals surface area contributed by atoms with Gasteiger partial charge in [0.2, 0.25) is 5.91 Å². The number of amides is 1. The van der Waals surface area contributed by atoms with Crippen molar-refractivity contribution in [1.29, 1.82) is 0 Å². The second-order valence-corrected chi connectivity index (χ2v) is 8.83. The van der Waals surface area contributed by atoms with Crippen LogP contribution in [-0.2, 0) is 11.3 Å². The third-order valence-corrected chi connectivity index (χ3v) is 6.43. The van der Waals surface area contributed by atoms with Crippen LogP contribution in [0, 0.1) is 12.7 Å². The Morgan fingerprint density at radius 1 is 1.13 bits per heavy atom. The summed E-state index contributed by atoms with van der Waals surface area (Å²) in [7, 11) is 0. The highest BCUT2D eigenvalue weighted by Gasteiger charge is 2.14. The van der Waals surface area contributed by atoms with Crippen molar-refractivity contribution >= 4 is 29.4 Å². The molecule has 0 radical (unpaired) electrons. The summed E-state index contributed by atoms with van der Waals surface area (Å²) in [6.45, 7) is 5.45. The quantitative estimate of drug-likeness (QED) is 0.359. The van der Waals surface area contributed by atoms with Crippen LogP contribution in [0.4, 0.5) is 4.39 Å². The molecule has 0 atom stereocenters. The number of thioether (sulfide) groups is 2. The monoisotopic (exact) mass is 444 g/mol. The summed E-state index contributed by atoms with van der Waals surface area (Å²) in [5.74, 6) is 1.74. The van der Waals surface area contributed by atoms with E-state index in [0.29, 0.717) is 12.3 Å². The fourth-order valence-corrected chi connectivity index (χ4v) is 4.57. The van der Waals surface area contributed by atoms with Crippen molar-refractivity contribution in [1.82, 2.24) is 20.1 Å². The molecule has 5 nitrogen and oxygen atoms in total. The van der Waals surface area contributed by atoms with Crippen LogP contribution in [0.2, 0.25) is 0 Å². The maximum Gasteiger partial charge on any atom is 0.230 e. The lowest BCUT2D eigenvalue weighted by Crippen LogP contribution is -2.26. The minimum absolute atomic E-state index is 0.0189. The molecule has 0 saturated carbocycles. The molecular formula is C22H25FN4OS2. The van der Waals surface area contributed by atoms with Crippen molar-refractivity contribution in [3.8, 4) is 11.4 Å². The Balaban J connectivity index is 1.43. The topological polar surface area (TPSA) is 59.8 Å². The van der Waals surface area contributed by atoms with E-state index in [1.807, 2.05) is 36.6 Å². The van der Waals surface area contributed by atoms with Gasteiger partial charge in [-0.1, -0.05) is 35.5 Å². The number of rotatable bonds is 10. The SMILES string of the molecule is CCn1c(SCC(=O)NCCCSc2ccc(F)cc2)nnc1-c1cccc(C)c1. The molecule has 0 spiro atoms. The lowest BCUT2D eigenvalue weighted by Gasteiger charge is -2.08. The zero-order valence-electron chi connectivity index (χ0n) is 17.1. The summed E-state index contributed by atoms with van der Waals surface area (Å²) in [4.78, 5) is 13.2. The average molecular weight is 445 g/mol. The number of aromatic nitrogens is 3. The van der Waals surface area contributed by atoms with E-state index in [2.05, 4.69) is 21.6 Å². The summed E-state index contributed by atoms with van der Waals surface area (Å²) in [5.41, 5.74) is 2.20. The summed E-state index contributed by atoms with van der Waals surface area (Å²) in [6.07, 6.45) is 0.848. The molecule has 0 saturated heterocycles. The Morgan fingerprint density at radius 3 is 2.67 bits per heavy atom. The van der Waals surface area contributed by atoms with Gasteiger partial charge in [-0.3, -0.25) is 4.79 Å². The van der Waals surface area contributed by atoms with Gasteiger partial charge in [0, 0.05) is 23.5 Å². The lowest BCUT2D eigenvalue weighted by molar-refractivity contribution is -0.118. The molecule has 0 bridgehead atoms. The molecule has 2 aromatic carbocycles. The molecule has 1 aromatic heterocycles. The van der Waals surface area contributed by atoms with Gasteiger partial charge in [0.25, 0.3) is 0 Å². The first-order chi connectivity index (χ1) is 14.6. The van der Waals surface area contributed by atoms with Crippen molar-refractivity contribution in [2.45, 2.75) is 36.9 Å². The average Bonchev–Trinajstić information content (AvgIpc) is 3.16. The first-order valence-electron chi connectivity index (χ1n) is 9.85. The molecule has 3 rings (SSSR count). The van der Waals surface area contributed by atoms with Crippen LogP contribution in [0.15, 0.2) is 58.6 Å². The number of carbonyl (C=O) groups excluding carboxylic acids is 1. The van der Waals surface area contributed by atoms with Crippen molar-refractivity contribution < 1.29 is 9.18 Å². The van der Waals surface area contributed by atoms with E-state index in [1.54, 1.807) is 23.9 Å². The number of nitrogens with one attached hydrogen (secondary N) is 1. The van der Waals surface area contributed by atoms with Gasteiger partial charge in [0.1, 0.15) is 5.82 Å². The van der Waals surface area contributed by atoms with Gasteiger partial charge in [-0.15, -0.1) is 22.0 Å². The third kappa shape index (κ3) is 6.34. The molecule has 30 heavy (non-hydrogen) atoms. The van der Waals surface area contributed by atoms with Crippen molar-refractivity contribution in [3.63, 3.8) is 0 Å². The van der Waals surface area contributed by atoms with Crippen LogP contribution in [0.1, 0.15) is 18.9 Å². The van der Waals surface area contributed by atoms with Gasteiger partial charge in [-0.25, -0.2) is 4.39 Å². The van der Waals surface area contributed by atoms with E-state index in [9.17, 15) is 9.18 Å². The fraction of sp³-hybridized carbons (Fsp3) is 0.318. The van der Waals surface area contributed by atoms with Gasteiger partial charge in [-0.2, -0.15) is 0 Å². The lowest BCUT2D eigenvalue weighted by atomic mass is 10.1. The largest absolute Gasteiger partial charge is 0.355 e. The minimum atomic E-state index is -0.228. The van der Waals surface area contributed by atoms with Gasteiger partial charge in [0.15, 0.2) is 11.0 Å². The molecule has 3 aromatic rings. The predicted octanol–water partition coefficient (Wildman–Crippen LogP) is 4.80. The number of carbonyl (C=O) groups is 1. The number of aryl methyl sites for hydroxylation is 1. The summed E-state index contributed by atoms with van der Waals surface area (Å²) < 4.78 is 14.9. The molecule has 0 aliphatic rings. The van der Waals surface area contributed by atoms with Crippen molar-refractivity contribution in [2.24, 2.45) is 0 Å². The van der Waals surface area contributed by atoms with Crippen molar-refractivity contribution in [2.75, 3.05) is 18.1 Å². The number of nitrogens with zero attached hydrogens (tertiary/aromatic N) is 3. The molecule has 8 heteroatoms. The first kappa shape index (κ1) is 22.4. The standard InChI is InChI=1S/C22H25FN4OS2/c1-3-27-21(17-7-4-6-16(2)14-17)25-26-22(27)30-15-20(28)24-12-5-13-29-19-10-8-18(23)9-11-19/h4,6-11,14H,3,5,12-13,15H2,1-2H3,(H,24,28). The van der Waals surface area contributed by atoms with Crippen LogP contribution >= 0.6 is 23.5 Å². The predicted molar refractivity (Wildman–Crippen MR) is 121 cm³/mol. The molecular weight excluding hydrogens is 419 g/mol. The van der Waals surface area contributed by atoms with Crippen LogP contribution in [-0.4, -0.2) is 38.7 Å². The normalized spacial score (nSPS) is 10.9. The molecule has 1 heterocycles. The highest BCUT2D eigenvalue weighted by Crippen LogP contribution is 2.24. The smallest absolute Gasteiger partial charge is 0.230 e. The Morgan fingerprint density at radius 2 is 1.93 bits per heavy atom. The van der Waals surface area contributed by atoms with E-state index >= 15 is 0 Å². The van der Waals surface area contributed by atoms with Crippen molar-refractivity contribution in [3.05, 3.63) is 59.9 Å². The van der Waals surface area contributed by atoms with Gasteiger partial charge >= 0.3 is 0 Å². The summed E-state index contributed by atoms with van der Waals surface area (Å²) >= 11 is 3.05. The van der Waals surface area contributed by atoms with E-state index in [4.69, 9.17) is 0 Å². The van der Waals surface area contributed by atoms with Crippen LogP contribution < -0.4 is 5.32 Å². The molecule has 1 amide bonds. The first-order valence-corrected chi connectivity index (χ1v) is 11.8. The van der Waals surface area contributed by atoms with Crippen LogP contribution in [0.3, 0.4) is 0 Å². The highest BCUT2D eigenvalue weighted by molar-refractivity contribution is 7.99. The maximum absolute atomic E-state index is 12.9. The Bertz CT molecular complexity index is 976. The molecule has 0 aliphatic heterocycles. The van der Waals surface area contributed by atoms with Gasteiger partial charge in [-0.05, 0) is 56.4 Å². The van der Waals surface area contributed by atoms with E-state index in [1.165, 1.54) is 29.5 Å². The van der Waals surface area contributed by atoms with Crippen LogP contribution in [0.5, 0.6) is 0 Å². The van der Waals surface area contributed by atoms with E-state index < -0.39 is 0 Å². The Kier molecular flexibility index (Phi) is 8.33. The Labute approximate surface area is 184 Å². The second kappa shape index (κ2) is 11.2. The number of hydrogen-bond donors (Lipinski definition) is 1. The zero-order chi connectivity index (χ0) is 21.3. The molecule has 0 unspecified atom stereocenters. The zero-order valence-corrected chi connectivity index (χ0v) is 18.7. The summed E-state index contributed by atoms with van der Waals surface area (Å²) in [5, 5.41) is 12.3. The van der Waals surface area contributed by atoms with Gasteiger partial charge in [0.05, 0.1) is 5.75 Å². The third-order valence-electron chi connectivity index (χ3n) is 4.37. The van der Waals surface area contributed by atoms with E-state index in [0.717, 1.165) is 40.2 Å². The molecule has 0 fully saturated rings. The van der Waals surface area contributed by atoms with Crippen LogP contribution in [0.25, 0.3) is 11.4 Å². The molecule has 1 N–H and O–H groups in total. The second-order valence-electron chi connectivity index (χ2n) is 6.71. The fourth-order valence-electron chi connectivity index (χ4n) is 2.88. The van der Waals surface area contributed by atoms with Gasteiger partial charge < -0.3 is 9.88 Å². The summed E-state index contributed by atoms with van der Waals surface area (Å²) in [6, 6.07) is 14.6. The number of benzene rings is 2. The molecule has 0 aliphatic carbocycles. The maximum atomic E-state index is 12.9. The number of hydrogen-bond acceptors (Lipinski definition) is 5. The number of halogens is 1. The highest BCUT2D eigenvalue weighted by atomic mass is 32.2. The minimum Gasteiger partial charge on any atom is -0.355 e.